The van der Waals surface area contributed by atoms with Crippen molar-refractivity contribution >= 4 is 52.5 Å². The van der Waals surface area contributed by atoms with Crippen molar-refractivity contribution < 1.29 is 19.2 Å². The molecule has 0 atom stereocenters. The van der Waals surface area contributed by atoms with E-state index in [0.29, 0.717) is 16.8 Å². The molecule has 1 aliphatic carbocycles. The number of hydrogen-bond acceptors (Lipinski definition) is 5. The van der Waals surface area contributed by atoms with E-state index in [9.17, 15) is 19.2 Å². The Balaban J connectivity index is 1.42. The maximum atomic E-state index is 13.7. The predicted molar refractivity (Wildman–Crippen MR) is 164 cm³/mol. The molecule has 0 bridgehead atoms. The molecule has 1 aliphatic heterocycles. The summed E-state index contributed by atoms with van der Waals surface area (Å²) >= 11 is 1.62. The molecular formula is C33H30N4O4S. The minimum Gasteiger partial charge on any atom is -0.322 e. The van der Waals surface area contributed by atoms with Crippen LogP contribution in [0.15, 0.2) is 66.2 Å². The van der Waals surface area contributed by atoms with Crippen LogP contribution in [0.3, 0.4) is 0 Å². The topological polar surface area (TPSA) is 101 Å². The van der Waals surface area contributed by atoms with Crippen LogP contribution >= 0.6 is 11.3 Å². The average molecular weight is 579 g/mol. The van der Waals surface area contributed by atoms with E-state index in [4.69, 9.17) is 0 Å². The molecule has 2 aromatic carbocycles. The summed E-state index contributed by atoms with van der Waals surface area (Å²) in [5, 5.41) is 6.19. The summed E-state index contributed by atoms with van der Waals surface area (Å²) in [7, 11) is 0. The maximum Gasteiger partial charge on any atom is 0.335 e. The monoisotopic (exact) mass is 578 g/mol. The second-order valence-electron chi connectivity index (χ2n) is 10.7. The van der Waals surface area contributed by atoms with E-state index in [0.717, 1.165) is 63.8 Å². The van der Waals surface area contributed by atoms with Crippen LogP contribution in [0.2, 0.25) is 0 Å². The van der Waals surface area contributed by atoms with Gasteiger partial charge in [-0.1, -0.05) is 30.3 Å². The number of anilines is 2. The minimum atomic E-state index is -0.781. The smallest absolute Gasteiger partial charge is 0.322 e. The summed E-state index contributed by atoms with van der Waals surface area (Å²) < 4.78 is 2.03. The van der Waals surface area contributed by atoms with E-state index in [1.807, 2.05) is 67.8 Å². The van der Waals surface area contributed by atoms with Gasteiger partial charge in [0, 0.05) is 22.0 Å². The first kappa shape index (κ1) is 27.4. The van der Waals surface area contributed by atoms with Crippen molar-refractivity contribution in [3.63, 3.8) is 0 Å². The van der Waals surface area contributed by atoms with Gasteiger partial charge >= 0.3 is 6.03 Å². The van der Waals surface area contributed by atoms with Crippen molar-refractivity contribution in [3.05, 3.63) is 105 Å². The SMILES string of the molecule is Cc1cccc(N2C(=O)NC(=O)/C(=C\c3cc(C)n(-c4sc5c(c4C(=O)Nc4ccccc4)CCCC5)c3C)C2=O)c1. The number of aromatic nitrogens is 1. The Hall–Kier alpha value is -4.76. The predicted octanol–water partition coefficient (Wildman–Crippen LogP) is 6.26. The Bertz CT molecular complexity index is 1800. The Kier molecular flexibility index (Phi) is 7.12. The number of hydrogen-bond donors (Lipinski definition) is 2. The first-order chi connectivity index (χ1) is 20.2. The number of barbiturate groups is 1. The average Bonchev–Trinajstić information content (AvgIpc) is 3.47. The van der Waals surface area contributed by atoms with Crippen LogP contribution in [0.5, 0.6) is 0 Å². The third-order valence-corrected chi connectivity index (χ3v) is 9.02. The molecule has 0 spiro atoms. The molecular weight excluding hydrogens is 548 g/mol. The highest BCUT2D eigenvalue weighted by molar-refractivity contribution is 7.15. The number of fused-ring (bicyclic) bond motifs is 1. The van der Waals surface area contributed by atoms with E-state index >= 15 is 0 Å². The van der Waals surface area contributed by atoms with Gasteiger partial charge in [-0.25, -0.2) is 9.69 Å². The lowest BCUT2D eigenvalue weighted by atomic mass is 9.95. The van der Waals surface area contributed by atoms with Gasteiger partial charge in [0.1, 0.15) is 10.6 Å². The zero-order chi connectivity index (χ0) is 29.5. The normalized spacial score (nSPS) is 16.0. The van der Waals surface area contributed by atoms with Gasteiger partial charge in [-0.05, 0) is 99.6 Å². The Morgan fingerprint density at radius 2 is 1.71 bits per heavy atom. The number of urea groups is 1. The van der Waals surface area contributed by atoms with Crippen molar-refractivity contribution in [1.29, 1.82) is 0 Å². The van der Waals surface area contributed by atoms with Gasteiger partial charge in [-0.2, -0.15) is 0 Å². The van der Waals surface area contributed by atoms with Crippen LogP contribution in [-0.2, 0) is 22.4 Å². The number of rotatable bonds is 5. The van der Waals surface area contributed by atoms with E-state index in [1.54, 1.807) is 29.5 Å². The number of amides is 5. The van der Waals surface area contributed by atoms with Gasteiger partial charge in [0.05, 0.1) is 11.3 Å². The highest BCUT2D eigenvalue weighted by Crippen LogP contribution is 2.39. The summed E-state index contributed by atoms with van der Waals surface area (Å²) in [6.07, 6.45) is 5.42. The molecule has 6 rings (SSSR count). The van der Waals surface area contributed by atoms with Crippen molar-refractivity contribution in [3.8, 4) is 5.00 Å². The van der Waals surface area contributed by atoms with Crippen molar-refractivity contribution in [2.75, 3.05) is 10.2 Å². The molecule has 0 radical (unpaired) electrons. The number of aryl methyl sites for hydroxylation is 3. The fraction of sp³-hybridized carbons (Fsp3) is 0.212. The van der Waals surface area contributed by atoms with Crippen LogP contribution in [0.1, 0.15) is 56.2 Å². The quantitative estimate of drug-likeness (QED) is 0.216. The van der Waals surface area contributed by atoms with E-state index in [-0.39, 0.29) is 11.5 Å². The summed E-state index contributed by atoms with van der Waals surface area (Å²) in [4.78, 5) is 55.0. The zero-order valence-electron chi connectivity index (χ0n) is 23.6. The molecule has 4 aromatic rings. The number of para-hydroxylation sites is 1. The molecule has 0 unspecified atom stereocenters. The van der Waals surface area contributed by atoms with Crippen LogP contribution in [0.4, 0.5) is 16.2 Å². The summed E-state index contributed by atoms with van der Waals surface area (Å²) in [5.74, 6) is -1.58. The van der Waals surface area contributed by atoms with Gasteiger partial charge in [-0.15, -0.1) is 11.3 Å². The van der Waals surface area contributed by atoms with Crippen molar-refractivity contribution in [2.45, 2.75) is 46.5 Å². The summed E-state index contributed by atoms with van der Waals surface area (Å²) in [5.41, 5.74) is 5.93. The molecule has 2 N–H and O–H groups in total. The lowest BCUT2D eigenvalue weighted by molar-refractivity contribution is -0.122. The largest absolute Gasteiger partial charge is 0.335 e. The second kappa shape index (κ2) is 10.9. The first-order valence-corrected chi connectivity index (χ1v) is 14.7. The van der Waals surface area contributed by atoms with E-state index < -0.39 is 17.8 Å². The third kappa shape index (κ3) is 4.86. The van der Waals surface area contributed by atoms with Gasteiger partial charge < -0.3 is 9.88 Å². The third-order valence-electron chi connectivity index (χ3n) is 7.75. The lowest BCUT2D eigenvalue weighted by Gasteiger charge is -2.26. The molecule has 5 amide bonds. The molecule has 1 saturated heterocycles. The highest BCUT2D eigenvalue weighted by atomic mass is 32.1. The van der Waals surface area contributed by atoms with Gasteiger partial charge in [0.15, 0.2) is 0 Å². The number of nitrogens with zero attached hydrogens (tertiary/aromatic N) is 2. The lowest BCUT2D eigenvalue weighted by Crippen LogP contribution is -2.54. The molecule has 9 heteroatoms. The Morgan fingerprint density at radius 1 is 0.952 bits per heavy atom. The van der Waals surface area contributed by atoms with E-state index in [1.165, 1.54) is 11.0 Å². The number of nitrogens with one attached hydrogen (secondary N) is 2. The molecule has 1 fully saturated rings. The number of thiophene rings is 1. The second-order valence-corrected chi connectivity index (χ2v) is 11.8. The first-order valence-electron chi connectivity index (χ1n) is 13.9. The fourth-order valence-electron chi connectivity index (χ4n) is 5.72. The highest BCUT2D eigenvalue weighted by Gasteiger charge is 2.37. The molecule has 0 saturated carbocycles. The van der Waals surface area contributed by atoms with Crippen molar-refractivity contribution in [2.24, 2.45) is 0 Å². The standard InChI is InChI=1S/C33H30N4O4S/c1-19-10-9-13-24(16-19)37-31(40)26(29(38)35-33(37)41)18-22-17-20(2)36(21(22)3)32-28(25-14-7-8-15-27(25)42-32)30(39)34-23-11-5-4-6-12-23/h4-6,9-13,16-18H,7-8,14-15H2,1-3H3,(H,34,39)(H,35,38,41)/b26-18+. The van der Waals surface area contributed by atoms with Crippen LogP contribution in [0.25, 0.3) is 11.1 Å². The molecule has 2 aromatic heterocycles. The van der Waals surface area contributed by atoms with E-state index in [2.05, 4.69) is 10.6 Å². The van der Waals surface area contributed by atoms with Gasteiger partial charge in [0.25, 0.3) is 17.7 Å². The molecule has 212 valence electrons. The molecule has 3 heterocycles. The minimum absolute atomic E-state index is 0.135. The molecule has 2 aliphatic rings. The van der Waals surface area contributed by atoms with Crippen LogP contribution < -0.4 is 15.5 Å². The number of imide groups is 2. The number of carbonyl (C=O) groups excluding carboxylic acids is 4. The fourth-order valence-corrected chi connectivity index (χ4v) is 7.22. The van der Waals surface area contributed by atoms with Crippen LogP contribution in [0, 0.1) is 20.8 Å². The zero-order valence-corrected chi connectivity index (χ0v) is 24.4. The summed E-state index contributed by atoms with van der Waals surface area (Å²) in [6.45, 7) is 5.72. The van der Waals surface area contributed by atoms with Crippen LogP contribution in [-0.4, -0.2) is 28.3 Å². The summed E-state index contributed by atoms with van der Waals surface area (Å²) in [6, 6.07) is 17.5. The maximum absolute atomic E-state index is 13.7. The molecule has 8 nitrogen and oxygen atoms in total. The Labute approximate surface area is 247 Å². The van der Waals surface area contributed by atoms with Gasteiger partial charge in [0.2, 0.25) is 0 Å². The van der Waals surface area contributed by atoms with Gasteiger partial charge in [-0.3, -0.25) is 19.7 Å². The Morgan fingerprint density at radius 3 is 2.48 bits per heavy atom. The molecule has 42 heavy (non-hydrogen) atoms. The number of benzene rings is 2. The van der Waals surface area contributed by atoms with Crippen molar-refractivity contribution in [1.82, 2.24) is 9.88 Å². The number of carbonyl (C=O) groups is 4.